The van der Waals surface area contributed by atoms with Crippen molar-refractivity contribution in [2.75, 3.05) is 35.9 Å². The number of rotatable bonds is 9. The molecule has 3 aliphatic rings. The third kappa shape index (κ3) is 6.82. The number of piperidine rings is 1. The summed E-state index contributed by atoms with van der Waals surface area (Å²) in [5.74, 6) is 0.0587. The molecule has 1 spiro atoms. The van der Waals surface area contributed by atoms with Gasteiger partial charge in [-0.15, -0.1) is 0 Å². The van der Waals surface area contributed by atoms with E-state index >= 15 is 0 Å². The molecule has 7 rings (SSSR count). The highest BCUT2D eigenvalue weighted by molar-refractivity contribution is 7.92. The van der Waals surface area contributed by atoms with Crippen LogP contribution in [-0.2, 0) is 30.9 Å². The Morgan fingerprint density at radius 2 is 1.57 bits per heavy atom. The van der Waals surface area contributed by atoms with E-state index in [-0.39, 0.29) is 35.5 Å². The van der Waals surface area contributed by atoms with E-state index in [1.807, 2.05) is 48.5 Å². The second-order valence-electron chi connectivity index (χ2n) is 13.1. The van der Waals surface area contributed by atoms with Gasteiger partial charge >= 0.3 is 0 Å². The number of ether oxygens (including phenoxy) is 2. The van der Waals surface area contributed by atoms with Crippen LogP contribution < -0.4 is 14.9 Å². The molecule has 256 valence electrons. The summed E-state index contributed by atoms with van der Waals surface area (Å²) in [5.41, 5.74) is 3.36. The molecule has 3 aliphatic heterocycles. The van der Waals surface area contributed by atoms with Crippen molar-refractivity contribution >= 4 is 27.3 Å². The molecule has 0 aromatic heterocycles. The van der Waals surface area contributed by atoms with Gasteiger partial charge in [0.2, 0.25) is 5.91 Å². The summed E-state index contributed by atoms with van der Waals surface area (Å²) in [5, 5.41) is 12.7. The van der Waals surface area contributed by atoms with Crippen molar-refractivity contribution in [2.24, 2.45) is 5.92 Å². The molecule has 0 aliphatic carbocycles. The standard InChI is InChI=1S/C38H42N4O6S/c1-27-34(24-41-21-19-38(20-22-41)37(44)39-26-42(38)32-11-4-2-5-12-32)47-36(48-35(27)29-17-15-28(25-43)16-18-29)30-9-8-10-31(23-30)40-49(45,46)33-13-6-3-7-14-33/h2-18,23,27,34-36,40,43H,19-22,24-26H2,1H3,(H,39,44)/t27-,34+,35+,36+/m1/s1. The van der Waals surface area contributed by atoms with Gasteiger partial charge in [-0.3, -0.25) is 9.52 Å². The maximum Gasteiger partial charge on any atom is 0.261 e. The van der Waals surface area contributed by atoms with E-state index < -0.39 is 21.9 Å². The number of nitrogens with one attached hydrogen (secondary N) is 2. The van der Waals surface area contributed by atoms with E-state index in [0.717, 1.165) is 29.9 Å². The van der Waals surface area contributed by atoms with Gasteiger partial charge < -0.3 is 29.7 Å². The van der Waals surface area contributed by atoms with Crippen molar-refractivity contribution in [3.8, 4) is 0 Å². The number of aliphatic hydroxyl groups is 1. The van der Waals surface area contributed by atoms with Crippen molar-refractivity contribution in [2.45, 2.75) is 55.3 Å². The highest BCUT2D eigenvalue weighted by atomic mass is 32.2. The molecule has 4 aromatic rings. The van der Waals surface area contributed by atoms with Crippen molar-refractivity contribution in [3.63, 3.8) is 0 Å². The van der Waals surface area contributed by atoms with E-state index in [9.17, 15) is 18.3 Å². The summed E-state index contributed by atoms with van der Waals surface area (Å²) in [7, 11) is -3.79. The number of carbonyl (C=O) groups is 1. The molecule has 49 heavy (non-hydrogen) atoms. The van der Waals surface area contributed by atoms with Crippen molar-refractivity contribution < 1.29 is 27.8 Å². The SMILES string of the molecule is C[C@@H]1[C@H](CN2CCC3(CC2)C(=O)NCN3c2ccccc2)O[C@H](c2cccc(NS(=O)(=O)c3ccccc3)c2)O[C@@H]1c1ccc(CO)cc1. The number of hydrogen-bond acceptors (Lipinski definition) is 8. The summed E-state index contributed by atoms with van der Waals surface area (Å²) in [6, 6.07) is 33.3. The fraction of sp³-hybridized carbons (Fsp3) is 0.342. The topological polar surface area (TPSA) is 120 Å². The van der Waals surface area contributed by atoms with E-state index in [4.69, 9.17) is 9.47 Å². The van der Waals surface area contributed by atoms with Crippen LogP contribution in [0.4, 0.5) is 11.4 Å². The number of amides is 1. The molecule has 3 heterocycles. The lowest BCUT2D eigenvalue weighted by molar-refractivity contribution is -0.276. The highest BCUT2D eigenvalue weighted by Gasteiger charge is 2.51. The first-order valence-electron chi connectivity index (χ1n) is 16.8. The molecular formula is C38H42N4O6S. The molecule has 0 radical (unpaired) electrons. The van der Waals surface area contributed by atoms with Crippen LogP contribution in [0.1, 0.15) is 48.8 Å². The van der Waals surface area contributed by atoms with Crippen LogP contribution in [-0.4, -0.2) is 62.3 Å². The van der Waals surface area contributed by atoms with Gasteiger partial charge in [0.15, 0.2) is 6.29 Å². The maximum absolute atomic E-state index is 13.3. The number of sulfonamides is 1. The number of likely N-dealkylation sites (tertiary alicyclic amines) is 1. The molecule has 1 amide bonds. The zero-order chi connectivity index (χ0) is 34.0. The van der Waals surface area contributed by atoms with E-state index in [0.29, 0.717) is 37.3 Å². The predicted molar refractivity (Wildman–Crippen MR) is 187 cm³/mol. The molecule has 4 aromatic carbocycles. The Balaban J connectivity index is 1.11. The lowest BCUT2D eigenvalue weighted by Crippen LogP contribution is -2.57. The molecule has 10 nitrogen and oxygen atoms in total. The van der Waals surface area contributed by atoms with E-state index in [1.54, 1.807) is 48.5 Å². The molecule has 3 saturated heterocycles. The third-order valence-corrected chi connectivity index (χ3v) is 11.5. The maximum atomic E-state index is 13.3. The summed E-state index contributed by atoms with van der Waals surface area (Å²) >= 11 is 0. The van der Waals surface area contributed by atoms with Crippen LogP contribution in [0.25, 0.3) is 0 Å². The van der Waals surface area contributed by atoms with Crippen molar-refractivity contribution in [1.29, 1.82) is 0 Å². The van der Waals surface area contributed by atoms with Gasteiger partial charge in [0.05, 0.1) is 30.4 Å². The normalized spacial score (nSPS) is 24.1. The average Bonchev–Trinajstić information content (AvgIpc) is 3.45. The van der Waals surface area contributed by atoms with Crippen molar-refractivity contribution in [1.82, 2.24) is 10.2 Å². The molecule has 0 bridgehead atoms. The molecular weight excluding hydrogens is 641 g/mol. The van der Waals surface area contributed by atoms with Gasteiger partial charge in [0.1, 0.15) is 5.54 Å². The van der Waals surface area contributed by atoms with E-state index in [1.165, 1.54) is 0 Å². The Morgan fingerprint density at radius 3 is 2.27 bits per heavy atom. The molecule has 0 unspecified atom stereocenters. The largest absolute Gasteiger partial charge is 0.392 e. The van der Waals surface area contributed by atoms with Crippen molar-refractivity contribution in [3.05, 3.63) is 126 Å². The van der Waals surface area contributed by atoms with Gasteiger partial charge in [-0.2, -0.15) is 0 Å². The fourth-order valence-electron chi connectivity index (χ4n) is 7.28. The highest BCUT2D eigenvalue weighted by Crippen LogP contribution is 2.43. The van der Waals surface area contributed by atoms with Crippen LogP contribution in [0.3, 0.4) is 0 Å². The molecule has 11 heteroatoms. The first kappa shape index (κ1) is 33.2. The molecule has 3 N–H and O–H groups in total. The summed E-state index contributed by atoms with van der Waals surface area (Å²) in [4.78, 5) is 18.0. The van der Waals surface area contributed by atoms with E-state index in [2.05, 4.69) is 38.9 Å². The Labute approximate surface area is 287 Å². The number of anilines is 2. The van der Waals surface area contributed by atoms with Crippen LogP contribution >= 0.6 is 0 Å². The fourth-order valence-corrected chi connectivity index (χ4v) is 8.35. The summed E-state index contributed by atoms with van der Waals surface area (Å²) in [6.07, 6.45) is 0.110. The molecule has 3 fully saturated rings. The second kappa shape index (κ2) is 13.9. The Bertz CT molecular complexity index is 1850. The Kier molecular flexibility index (Phi) is 9.45. The first-order valence-corrected chi connectivity index (χ1v) is 18.3. The minimum Gasteiger partial charge on any atom is -0.392 e. The lowest BCUT2D eigenvalue weighted by atomic mass is 9.84. The lowest BCUT2D eigenvalue weighted by Gasteiger charge is -2.46. The second-order valence-corrected chi connectivity index (χ2v) is 14.8. The summed E-state index contributed by atoms with van der Waals surface area (Å²) in [6.45, 7) is 4.71. The molecule has 0 saturated carbocycles. The zero-order valence-electron chi connectivity index (χ0n) is 27.4. The predicted octanol–water partition coefficient (Wildman–Crippen LogP) is 5.20. The van der Waals surface area contributed by atoms with Gasteiger partial charge in [-0.1, -0.05) is 79.7 Å². The Hall–Kier alpha value is -4.26. The number of carbonyl (C=O) groups excluding carboxylic acids is 1. The molecule has 4 atom stereocenters. The smallest absolute Gasteiger partial charge is 0.261 e. The van der Waals surface area contributed by atoms with Crippen LogP contribution in [0.2, 0.25) is 0 Å². The van der Waals surface area contributed by atoms with Crippen LogP contribution in [0.5, 0.6) is 0 Å². The minimum atomic E-state index is -3.79. The first-order chi connectivity index (χ1) is 23.8. The van der Waals surface area contributed by atoms with Gasteiger partial charge in [0.25, 0.3) is 10.0 Å². The number of aliphatic hydroxyl groups excluding tert-OH is 1. The van der Waals surface area contributed by atoms with Gasteiger partial charge in [-0.25, -0.2) is 8.42 Å². The van der Waals surface area contributed by atoms with Crippen LogP contribution in [0.15, 0.2) is 114 Å². The average molecular weight is 683 g/mol. The quantitative estimate of drug-likeness (QED) is 0.221. The van der Waals surface area contributed by atoms with Gasteiger partial charge in [-0.05, 0) is 60.4 Å². The number of para-hydroxylation sites is 1. The minimum absolute atomic E-state index is 0.0255. The third-order valence-electron chi connectivity index (χ3n) is 10.1. The monoisotopic (exact) mass is 682 g/mol. The van der Waals surface area contributed by atoms with Gasteiger partial charge in [0, 0.05) is 42.5 Å². The summed E-state index contributed by atoms with van der Waals surface area (Å²) < 4.78 is 42.2. The number of hydrogen-bond donors (Lipinski definition) is 3. The number of nitrogens with zero attached hydrogens (tertiary/aromatic N) is 2. The van der Waals surface area contributed by atoms with Crippen LogP contribution in [0, 0.1) is 5.92 Å². The number of benzene rings is 4. The zero-order valence-corrected chi connectivity index (χ0v) is 28.3. The Morgan fingerprint density at radius 1 is 0.878 bits per heavy atom.